The Labute approximate surface area is 103 Å². The van der Waals surface area contributed by atoms with Crippen molar-refractivity contribution < 1.29 is 9.59 Å². The largest absolute Gasteiger partial charge is 0.342 e. The Bertz CT molecular complexity index is 313. The molecule has 1 aliphatic rings. The summed E-state index contributed by atoms with van der Waals surface area (Å²) >= 11 is 0. The van der Waals surface area contributed by atoms with E-state index in [-0.39, 0.29) is 29.8 Å². The van der Waals surface area contributed by atoms with Gasteiger partial charge in [0, 0.05) is 6.54 Å². The van der Waals surface area contributed by atoms with Crippen molar-refractivity contribution in [3.05, 3.63) is 12.7 Å². The summed E-state index contributed by atoms with van der Waals surface area (Å²) in [5, 5.41) is 2.79. The highest BCUT2D eigenvalue weighted by atomic mass is 16.2. The van der Waals surface area contributed by atoms with Crippen LogP contribution in [0.1, 0.15) is 33.6 Å². The minimum Gasteiger partial charge on any atom is -0.342 e. The quantitative estimate of drug-likeness (QED) is 0.580. The highest BCUT2D eigenvalue weighted by Gasteiger charge is 2.38. The third kappa shape index (κ3) is 3.08. The maximum atomic E-state index is 12.2. The van der Waals surface area contributed by atoms with Crippen LogP contribution in [0.3, 0.4) is 0 Å². The molecule has 0 aromatic carbocycles. The van der Waals surface area contributed by atoms with Crippen molar-refractivity contribution in [2.45, 2.75) is 45.7 Å². The second kappa shape index (κ2) is 5.84. The SMILES string of the molecule is C=CCCCN1C(=O)C(C(C)C)NC(=O)C1C. The van der Waals surface area contributed by atoms with Gasteiger partial charge < -0.3 is 10.2 Å². The first kappa shape index (κ1) is 13.7. The Balaban J connectivity index is 2.73. The van der Waals surface area contributed by atoms with Crippen LogP contribution in [0, 0.1) is 5.92 Å². The molecule has 0 radical (unpaired) electrons. The van der Waals surface area contributed by atoms with Gasteiger partial charge in [-0.15, -0.1) is 6.58 Å². The van der Waals surface area contributed by atoms with Crippen LogP contribution in [-0.4, -0.2) is 35.3 Å². The van der Waals surface area contributed by atoms with Gasteiger partial charge in [-0.25, -0.2) is 0 Å². The summed E-state index contributed by atoms with van der Waals surface area (Å²) in [6, 6.07) is -0.732. The van der Waals surface area contributed by atoms with Gasteiger partial charge in [0.25, 0.3) is 0 Å². The molecule has 2 atom stereocenters. The van der Waals surface area contributed by atoms with Crippen LogP contribution in [0.4, 0.5) is 0 Å². The maximum Gasteiger partial charge on any atom is 0.246 e. The number of rotatable bonds is 5. The van der Waals surface area contributed by atoms with Crippen LogP contribution in [0.5, 0.6) is 0 Å². The fourth-order valence-electron chi connectivity index (χ4n) is 2.01. The van der Waals surface area contributed by atoms with E-state index in [4.69, 9.17) is 0 Å². The number of carbonyl (C=O) groups is 2. The van der Waals surface area contributed by atoms with Crippen molar-refractivity contribution >= 4 is 11.8 Å². The van der Waals surface area contributed by atoms with E-state index in [1.54, 1.807) is 11.8 Å². The summed E-state index contributed by atoms with van der Waals surface area (Å²) in [7, 11) is 0. The van der Waals surface area contributed by atoms with E-state index >= 15 is 0 Å². The van der Waals surface area contributed by atoms with Gasteiger partial charge in [-0.3, -0.25) is 9.59 Å². The van der Waals surface area contributed by atoms with Crippen LogP contribution >= 0.6 is 0 Å². The summed E-state index contributed by atoms with van der Waals surface area (Å²) in [5.74, 6) is 0.110. The molecular formula is C13H22N2O2. The number of hydrogen-bond donors (Lipinski definition) is 1. The lowest BCUT2D eigenvalue weighted by atomic mass is 9.98. The number of allylic oxidation sites excluding steroid dienone is 1. The Hall–Kier alpha value is -1.32. The van der Waals surface area contributed by atoms with E-state index in [0.29, 0.717) is 6.54 Å². The van der Waals surface area contributed by atoms with Crippen molar-refractivity contribution in [2.75, 3.05) is 6.54 Å². The van der Waals surface area contributed by atoms with Gasteiger partial charge in [0.15, 0.2) is 0 Å². The molecule has 2 amide bonds. The molecule has 4 nitrogen and oxygen atoms in total. The van der Waals surface area contributed by atoms with Crippen molar-refractivity contribution in [1.82, 2.24) is 10.2 Å². The molecule has 0 bridgehead atoms. The molecule has 96 valence electrons. The third-order valence-electron chi connectivity index (χ3n) is 3.17. The molecule has 1 saturated heterocycles. The van der Waals surface area contributed by atoms with Gasteiger partial charge in [-0.1, -0.05) is 19.9 Å². The molecule has 4 heteroatoms. The van der Waals surface area contributed by atoms with Crippen LogP contribution < -0.4 is 5.32 Å². The van der Waals surface area contributed by atoms with E-state index < -0.39 is 0 Å². The Morgan fingerprint density at radius 2 is 2.12 bits per heavy atom. The summed E-state index contributed by atoms with van der Waals surface area (Å²) in [5.41, 5.74) is 0. The fraction of sp³-hybridized carbons (Fsp3) is 0.692. The van der Waals surface area contributed by atoms with E-state index in [2.05, 4.69) is 11.9 Å². The summed E-state index contributed by atoms with van der Waals surface area (Å²) in [6.45, 7) is 9.95. The predicted octanol–water partition coefficient (Wildman–Crippen LogP) is 1.32. The number of nitrogens with zero attached hydrogens (tertiary/aromatic N) is 1. The number of nitrogens with one attached hydrogen (secondary N) is 1. The zero-order valence-corrected chi connectivity index (χ0v) is 10.9. The lowest BCUT2D eigenvalue weighted by Crippen LogP contribution is -2.63. The van der Waals surface area contributed by atoms with E-state index in [9.17, 15) is 9.59 Å². The molecule has 1 heterocycles. The summed E-state index contributed by atoms with van der Waals surface area (Å²) in [4.78, 5) is 25.7. The lowest BCUT2D eigenvalue weighted by Gasteiger charge is -2.38. The fourth-order valence-corrected chi connectivity index (χ4v) is 2.01. The number of hydrogen-bond acceptors (Lipinski definition) is 2. The van der Waals surface area contributed by atoms with Gasteiger partial charge in [0.1, 0.15) is 12.1 Å². The second-order valence-corrected chi connectivity index (χ2v) is 4.87. The average molecular weight is 238 g/mol. The number of unbranched alkanes of at least 4 members (excludes halogenated alkanes) is 1. The minimum atomic E-state index is -0.373. The first-order valence-electron chi connectivity index (χ1n) is 6.20. The minimum absolute atomic E-state index is 0.0381. The van der Waals surface area contributed by atoms with Crippen LogP contribution in [0.25, 0.3) is 0 Å². The van der Waals surface area contributed by atoms with Crippen LogP contribution in [0.2, 0.25) is 0 Å². The molecule has 0 saturated carbocycles. The topological polar surface area (TPSA) is 49.4 Å². The molecule has 1 N–H and O–H groups in total. The Morgan fingerprint density at radius 3 is 2.65 bits per heavy atom. The van der Waals surface area contributed by atoms with E-state index in [1.165, 1.54) is 0 Å². The number of piperazine rings is 1. The van der Waals surface area contributed by atoms with Gasteiger partial charge in [-0.05, 0) is 25.7 Å². The molecule has 1 aliphatic heterocycles. The zero-order valence-electron chi connectivity index (χ0n) is 10.9. The summed E-state index contributed by atoms with van der Waals surface area (Å²) < 4.78 is 0. The van der Waals surface area contributed by atoms with Crippen molar-refractivity contribution in [3.63, 3.8) is 0 Å². The van der Waals surface area contributed by atoms with Gasteiger partial charge in [0.2, 0.25) is 11.8 Å². The summed E-state index contributed by atoms with van der Waals surface area (Å²) in [6.07, 6.45) is 3.56. The maximum absolute atomic E-state index is 12.2. The highest BCUT2D eigenvalue weighted by molar-refractivity contribution is 5.96. The molecule has 0 aromatic rings. The smallest absolute Gasteiger partial charge is 0.246 e. The first-order valence-corrected chi connectivity index (χ1v) is 6.20. The first-order chi connectivity index (χ1) is 7.99. The van der Waals surface area contributed by atoms with Gasteiger partial charge in [0.05, 0.1) is 0 Å². The van der Waals surface area contributed by atoms with Gasteiger partial charge >= 0.3 is 0 Å². The number of amides is 2. The molecule has 2 unspecified atom stereocenters. The van der Waals surface area contributed by atoms with Crippen molar-refractivity contribution in [3.8, 4) is 0 Å². The Kier molecular flexibility index (Phi) is 4.73. The predicted molar refractivity (Wildman–Crippen MR) is 67.4 cm³/mol. The molecular weight excluding hydrogens is 216 g/mol. The molecule has 1 fully saturated rings. The monoisotopic (exact) mass is 238 g/mol. The number of carbonyl (C=O) groups excluding carboxylic acids is 2. The van der Waals surface area contributed by atoms with Crippen molar-refractivity contribution in [2.24, 2.45) is 5.92 Å². The van der Waals surface area contributed by atoms with Crippen LogP contribution in [0.15, 0.2) is 12.7 Å². The molecule has 0 spiro atoms. The molecule has 0 aromatic heterocycles. The third-order valence-corrected chi connectivity index (χ3v) is 3.17. The molecule has 0 aliphatic carbocycles. The van der Waals surface area contributed by atoms with Crippen molar-refractivity contribution in [1.29, 1.82) is 0 Å². The van der Waals surface area contributed by atoms with Gasteiger partial charge in [-0.2, -0.15) is 0 Å². The Morgan fingerprint density at radius 1 is 1.47 bits per heavy atom. The zero-order chi connectivity index (χ0) is 13.0. The normalized spacial score (nSPS) is 25.1. The average Bonchev–Trinajstić information content (AvgIpc) is 2.28. The molecule has 1 rings (SSSR count). The highest BCUT2D eigenvalue weighted by Crippen LogP contribution is 2.16. The lowest BCUT2D eigenvalue weighted by molar-refractivity contribution is -0.149. The van der Waals surface area contributed by atoms with E-state index in [1.807, 2.05) is 19.9 Å². The second-order valence-electron chi connectivity index (χ2n) is 4.87. The standard InChI is InChI=1S/C13H22N2O2/c1-5-6-7-8-15-10(4)12(16)14-11(9(2)3)13(15)17/h5,9-11H,1,6-8H2,2-4H3,(H,14,16). The van der Waals surface area contributed by atoms with Crippen LogP contribution in [-0.2, 0) is 9.59 Å². The molecule has 17 heavy (non-hydrogen) atoms. The van der Waals surface area contributed by atoms with E-state index in [0.717, 1.165) is 12.8 Å².